The van der Waals surface area contributed by atoms with Gasteiger partial charge in [0.15, 0.2) is 5.78 Å². The fourth-order valence-corrected chi connectivity index (χ4v) is 7.69. The Hall–Kier alpha value is -0.740. The summed E-state index contributed by atoms with van der Waals surface area (Å²) in [6.07, 6.45) is 6.93. The molecule has 4 rings (SSSR count). The highest BCUT2D eigenvalue weighted by Gasteiger charge is 2.63. The summed E-state index contributed by atoms with van der Waals surface area (Å²) >= 11 is 0. The van der Waals surface area contributed by atoms with Crippen LogP contribution in [0.25, 0.3) is 0 Å². The average Bonchev–Trinajstić information content (AvgIpc) is 2.91. The first-order valence-corrected chi connectivity index (χ1v) is 10.2. The number of carbonyl (C=O) groups is 2. The molecule has 4 aliphatic carbocycles. The number of rotatable bonds is 2. The molecule has 0 bridgehead atoms. The zero-order chi connectivity index (χ0) is 18.0. The van der Waals surface area contributed by atoms with Crippen LogP contribution in [0.2, 0.25) is 0 Å². The number of aliphatic hydroxyl groups is 2. The third-order valence-corrected chi connectivity index (χ3v) is 8.87. The second-order valence-electron chi connectivity index (χ2n) is 9.86. The Balaban J connectivity index is 1.66. The Labute approximate surface area is 150 Å². The quantitative estimate of drug-likeness (QED) is 0.805. The van der Waals surface area contributed by atoms with Gasteiger partial charge in [0.2, 0.25) is 0 Å². The summed E-state index contributed by atoms with van der Waals surface area (Å²) in [5, 5.41) is 19.5. The van der Waals surface area contributed by atoms with E-state index in [4.69, 9.17) is 0 Å². The molecule has 2 N–H and O–H groups in total. The van der Waals surface area contributed by atoms with E-state index in [2.05, 4.69) is 13.8 Å². The molecule has 4 nitrogen and oxygen atoms in total. The van der Waals surface area contributed by atoms with Crippen molar-refractivity contribution < 1.29 is 19.8 Å². The van der Waals surface area contributed by atoms with E-state index in [-0.39, 0.29) is 34.6 Å². The predicted octanol–water partition coefficient (Wildman–Crippen LogP) is 2.75. The van der Waals surface area contributed by atoms with Crippen LogP contribution < -0.4 is 0 Å². The van der Waals surface area contributed by atoms with Crippen molar-refractivity contribution in [2.45, 2.75) is 71.3 Å². The molecular weight excluding hydrogens is 316 g/mol. The normalized spacial score (nSPS) is 52.2. The fourth-order valence-electron chi connectivity index (χ4n) is 7.69. The molecule has 4 fully saturated rings. The Morgan fingerprint density at radius 3 is 2.60 bits per heavy atom. The highest BCUT2D eigenvalue weighted by molar-refractivity contribution is 5.88. The largest absolute Gasteiger partial charge is 0.393 e. The third kappa shape index (κ3) is 2.39. The monoisotopic (exact) mass is 348 g/mol. The highest BCUT2D eigenvalue weighted by atomic mass is 16.3. The zero-order valence-electron chi connectivity index (χ0n) is 15.5. The van der Waals surface area contributed by atoms with Crippen molar-refractivity contribution in [3.05, 3.63) is 0 Å². The maximum Gasteiger partial charge on any atom is 0.161 e. The van der Waals surface area contributed by atoms with Gasteiger partial charge < -0.3 is 10.2 Å². The summed E-state index contributed by atoms with van der Waals surface area (Å²) in [6.45, 7) is 4.04. The minimum absolute atomic E-state index is 0.0274. The van der Waals surface area contributed by atoms with Crippen molar-refractivity contribution in [3.63, 3.8) is 0 Å². The number of aliphatic hydroxyl groups excluding tert-OH is 2. The molecule has 2 unspecified atom stereocenters. The molecule has 0 saturated heterocycles. The molecule has 0 amide bonds. The van der Waals surface area contributed by atoms with Crippen LogP contribution in [0.1, 0.15) is 65.2 Å². The fraction of sp³-hybridized carbons (Fsp3) is 0.905. The van der Waals surface area contributed by atoms with Gasteiger partial charge in [-0.1, -0.05) is 13.8 Å². The topological polar surface area (TPSA) is 74.6 Å². The first kappa shape index (κ1) is 17.7. The SMILES string of the molecule is C[C@]12CC(=O)[C@H]3[C@@H](CCC4CC(O)CC[C@@]43C)[C@@H]1CC[C@@H]2C(=O)CO. The molecule has 4 saturated carbocycles. The molecule has 0 radical (unpaired) electrons. The maximum absolute atomic E-state index is 13.3. The lowest BCUT2D eigenvalue weighted by molar-refractivity contribution is -0.162. The van der Waals surface area contributed by atoms with Crippen molar-refractivity contribution in [1.82, 2.24) is 0 Å². The van der Waals surface area contributed by atoms with Crippen LogP contribution in [0.4, 0.5) is 0 Å². The predicted molar refractivity (Wildman–Crippen MR) is 93.7 cm³/mol. The molecule has 0 aliphatic heterocycles. The second kappa shape index (κ2) is 5.88. The number of carbonyl (C=O) groups excluding carboxylic acids is 2. The second-order valence-corrected chi connectivity index (χ2v) is 9.86. The number of hydrogen-bond donors (Lipinski definition) is 2. The van der Waals surface area contributed by atoms with E-state index < -0.39 is 6.61 Å². The molecule has 0 spiro atoms. The van der Waals surface area contributed by atoms with Crippen molar-refractivity contribution >= 4 is 11.6 Å². The van der Waals surface area contributed by atoms with Gasteiger partial charge in [-0.05, 0) is 73.5 Å². The number of Topliss-reactive ketones (excluding diaryl/α,β-unsaturated/α-hetero) is 2. The number of ketones is 2. The van der Waals surface area contributed by atoms with Gasteiger partial charge >= 0.3 is 0 Å². The average molecular weight is 348 g/mol. The van der Waals surface area contributed by atoms with E-state index in [1.54, 1.807) is 0 Å². The van der Waals surface area contributed by atoms with E-state index >= 15 is 0 Å². The van der Waals surface area contributed by atoms with Crippen molar-refractivity contribution in [1.29, 1.82) is 0 Å². The smallest absolute Gasteiger partial charge is 0.161 e. The molecule has 140 valence electrons. The lowest BCUT2D eigenvalue weighted by Gasteiger charge is -2.59. The van der Waals surface area contributed by atoms with Gasteiger partial charge in [-0.25, -0.2) is 0 Å². The maximum atomic E-state index is 13.3. The minimum atomic E-state index is -0.396. The van der Waals surface area contributed by atoms with Gasteiger partial charge in [-0.2, -0.15) is 0 Å². The van der Waals surface area contributed by atoms with E-state index in [1.165, 1.54) is 0 Å². The summed E-state index contributed by atoms with van der Waals surface area (Å²) in [6, 6.07) is 0. The summed E-state index contributed by atoms with van der Waals surface area (Å²) < 4.78 is 0. The Morgan fingerprint density at radius 2 is 1.88 bits per heavy atom. The Morgan fingerprint density at radius 1 is 1.12 bits per heavy atom. The molecule has 8 atom stereocenters. The zero-order valence-corrected chi connectivity index (χ0v) is 15.5. The Kier molecular flexibility index (Phi) is 4.16. The van der Waals surface area contributed by atoms with Crippen molar-refractivity contribution in [3.8, 4) is 0 Å². The van der Waals surface area contributed by atoms with Crippen LogP contribution in [0.3, 0.4) is 0 Å². The van der Waals surface area contributed by atoms with Crippen LogP contribution >= 0.6 is 0 Å². The van der Waals surface area contributed by atoms with E-state index in [0.29, 0.717) is 30.0 Å². The van der Waals surface area contributed by atoms with Gasteiger partial charge in [0.1, 0.15) is 12.4 Å². The summed E-state index contributed by atoms with van der Waals surface area (Å²) in [5.74, 6) is 1.52. The molecule has 4 aliphatic rings. The van der Waals surface area contributed by atoms with Gasteiger partial charge in [0.05, 0.1) is 6.10 Å². The van der Waals surface area contributed by atoms with Crippen molar-refractivity contribution in [2.24, 2.45) is 40.4 Å². The minimum Gasteiger partial charge on any atom is -0.393 e. The Bertz CT molecular complexity index is 586. The van der Waals surface area contributed by atoms with E-state index in [1.807, 2.05) is 0 Å². The van der Waals surface area contributed by atoms with Crippen LogP contribution in [0.5, 0.6) is 0 Å². The van der Waals surface area contributed by atoms with Gasteiger partial charge in [-0.3, -0.25) is 9.59 Å². The van der Waals surface area contributed by atoms with Gasteiger partial charge in [0.25, 0.3) is 0 Å². The van der Waals surface area contributed by atoms with E-state index in [0.717, 1.165) is 44.9 Å². The summed E-state index contributed by atoms with van der Waals surface area (Å²) in [5.41, 5.74) is -0.227. The van der Waals surface area contributed by atoms with Crippen LogP contribution in [-0.4, -0.2) is 34.5 Å². The molecule has 25 heavy (non-hydrogen) atoms. The first-order valence-electron chi connectivity index (χ1n) is 10.2. The molecule has 4 heteroatoms. The molecule has 0 aromatic carbocycles. The standard InChI is InChI=1S/C21H32O4/c1-20-8-7-13(23)9-12(20)3-4-14-15-5-6-16(18(25)11-22)21(15,2)10-17(24)19(14)20/h12-16,19,22-23H,3-11H2,1-2H3/t12?,13?,14-,15-,16+,19+,20-,21-/m0/s1. The van der Waals surface area contributed by atoms with Crippen LogP contribution in [-0.2, 0) is 9.59 Å². The lowest BCUT2D eigenvalue weighted by Crippen LogP contribution is -2.58. The lowest BCUT2D eigenvalue weighted by atomic mass is 9.44. The molecule has 0 heterocycles. The van der Waals surface area contributed by atoms with Crippen LogP contribution in [0, 0.1) is 40.4 Å². The molecular formula is C21H32O4. The number of hydrogen-bond acceptors (Lipinski definition) is 4. The van der Waals surface area contributed by atoms with Gasteiger partial charge in [-0.15, -0.1) is 0 Å². The van der Waals surface area contributed by atoms with Gasteiger partial charge in [0, 0.05) is 18.3 Å². The summed E-state index contributed by atoms with van der Waals surface area (Å²) in [7, 11) is 0. The molecule has 0 aromatic rings. The van der Waals surface area contributed by atoms with Crippen molar-refractivity contribution in [2.75, 3.05) is 6.61 Å². The van der Waals surface area contributed by atoms with Crippen LogP contribution in [0.15, 0.2) is 0 Å². The van der Waals surface area contributed by atoms with E-state index in [9.17, 15) is 19.8 Å². The number of fused-ring (bicyclic) bond motifs is 5. The first-order chi connectivity index (χ1) is 11.8. The summed E-state index contributed by atoms with van der Waals surface area (Å²) in [4.78, 5) is 25.6. The highest BCUT2D eigenvalue weighted by Crippen LogP contribution is 2.66. The molecule has 0 aromatic heterocycles. The third-order valence-electron chi connectivity index (χ3n) is 8.87.